The van der Waals surface area contributed by atoms with Crippen LogP contribution in [0.5, 0.6) is 0 Å². The lowest BCUT2D eigenvalue weighted by Crippen LogP contribution is -2.31. The Morgan fingerprint density at radius 1 is 1.26 bits per heavy atom. The van der Waals surface area contributed by atoms with Crippen LogP contribution in [0.25, 0.3) is 0 Å². The molecule has 0 aliphatic rings. The van der Waals surface area contributed by atoms with Crippen LogP contribution in [0.15, 0.2) is 29.2 Å². The summed E-state index contributed by atoms with van der Waals surface area (Å²) >= 11 is 0. The SMILES string of the molecule is CCCC(=O)NS(=O)(=O)c1ccccc1C(=O)OC. The van der Waals surface area contributed by atoms with Crippen molar-refractivity contribution in [3.8, 4) is 0 Å². The van der Waals surface area contributed by atoms with Crippen molar-refractivity contribution >= 4 is 21.9 Å². The van der Waals surface area contributed by atoms with E-state index in [4.69, 9.17) is 0 Å². The van der Waals surface area contributed by atoms with Gasteiger partial charge in [0.15, 0.2) is 0 Å². The highest BCUT2D eigenvalue weighted by Crippen LogP contribution is 2.16. The largest absolute Gasteiger partial charge is 0.465 e. The summed E-state index contributed by atoms with van der Waals surface area (Å²) in [7, 11) is -2.91. The fourth-order valence-corrected chi connectivity index (χ4v) is 2.67. The second kappa shape index (κ2) is 6.33. The minimum Gasteiger partial charge on any atom is -0.465 e. The van der Waals surface area contributed by atoms with E-state index in [0.29, 0.717) is 6.42 Å². The topological polar surface area (TPSA) is 89.5 Å². The predicted molar refractivity (Wildman–Crippen MR) is 68.0 cm³/mol. The summed E-state index contributed by atoms with van der Waals surface area (Å²) in [5.41, 5.74) is -0.109. The number of sulfonamides is 1. The standard InChI is InChI=1S/C12H15NO5S/c1-3-6-11(14)13-19(16,17)10-8-5-4-7-9(10)12(15)18-2/h4-5,7-8H,3,6H2,1-2H3,(H,13,14). The number of ether oxygens (including phenoxy) is 1. The Hall–Kier alpha value is -1.89. The van der Waals surface area contributed by atoms with Crippen LogP contribution >= 0.6 is 0 Å². The molecule has 0 saturated heterocycles. The van der Waals surface area contributed by atoms with Crippen LogP contribution in [-0.4, -0.2) is 27.4 Å². The zero-order valence-electron chi connectivity index (χ0n) is 10.7. The van der Waals surface area contributed by atoms with Crippen LogP contribution in [0.4, 0.5) is 0 Å². The van der Waals surface area contributed by atoms with Crippen molar-refractivity contribution in [2.75, 3.05) is 7.11 Å². The van der Waals surface area contributed by atoms with E-state index in [-0.39, 0.29) is 16.9 Å². The first-order valence-electron chi connectivity index (χ1n) is 5.65. The summed E-state index contributed by atoms with van der Waals surface area (Å²) in [6.07, 6.45) is 0.625. The number of hydrogen-bond donors (Lipinski definition) is 1. The van der Waals surface area contributed by atoms with E-state index in [1.807, 2.05) is 4.72 Å². The molecule has 0 saturated carbocycles. The molecule has 1 rings (SSSR count). The Bertz CT molecular complexity index is 580. The quantitative estimate of drug-likeness (QED) is 0.818. The van der Waals surface area contributed by atoms with Gasteiger partial charge in [0.1, 0.15) is 4.90 Å². The van der Waals surface area contributed by atoms with Crippen LogP contribution < -0.4 is 4.72 Å². The van der Waals surface area contributed by atoms with Gasteiger partial charge in [-0.25, -0.2) is 17.9 Å². The molecule has 1 amide bonds. The van der Waals surface area contributed by atoms with Gasteiger partial charge in [-0.3, -0.25) is 4.79 Å². The van der Waals surface area contributed by atoms with E-state index < -0.39 is 21.9 Å². The molecular weight excluding hydrogens is 270 g/mol. The second-order valence-corrected chi connectivity index (χ2v) is 5.42. The molecule has 6 nitrogen and oxygen atoms in total. The van der Waals surface area contributed by atoms with Crippen LogP contribution in [-0.2, 0) is 19.6 Å². The molecule has 0 aliphatic heterocycles. The number of amides is 1. The summed E-state index contributed by atoms with van der Waals surface area (Å²) in [5, 5.41) is 0. The minimum absolute atomic E-state index is 0.0968. The molecule has 0 aromatic heterocycles. The van der Waals surface area contributed by atoms with Crippen molar-refractivity contribution in [3.05, 3.63) is 29.8 Å². The highest BCUT2D eigenvalue weighted by molar-refractivity contribution is 7.90. The van der Waals surface area contributed by atoms with Gasteiger partial charge >= 0.3 is 5.97 Å². The van der Waals surface area contributed by atoms with Crippen LogP contribution in [0.3, 0.4) is 0 Å². The Morgan fingerprint density at radius 3 is 2.47 bits per heavy atom. The summed E-state index contributed by atoms with van der Waals surface area (Å²) in [5.74, 6) is -1.38. The molecule has 0 aliphatic carbocycles. The molecule has 0 atom stereocenters. The monoisotopic (exact) mass is 285 g/mol. The molecule has 0 bridgehead atoms. The lowest BCUT2D eigenvalue weighted by atomic mass is 10.2. The van der Waals surface area contributed by atoms with Crippen molar-refractivity contribution in [2.45, 2.75) is 24.7 Å². The number of carbonyl (C=O) groups excluding carboxylic acids is 2. The van der Waals surface area contributed by atoms with E-state index >= 15 is 0 Å². The maximum absolute atomic E-state index is 12.0. The lowest BCUT2D eigenvalue weighted by molar-refractivity contribution is -0.119. The number of benzene rings is 1. The number of hydrogen-bond acceptors (Lipinski definition) is 5. The number of rotatable bonds is 5. The third kappa shape index (κ3) is 3.78. The molecular formula is C12H15NO5S. The first-order valence-corrected chi connectivity index (χ1v) is 7.13. The number of esters is 1. The van der Waals surface area contributed by atoms with Crippen molar-refractivity contribution in [1.29, 1.82) is 0 Å². The molecule has 1 aromatic rings. The second-order valence-electron chi connectivity index (χ2n) is 3.77. The fourth-order valence-electron chi connectivity index (χ4n) is 1.46. The Labute approximate surface area is 111 Å². The average molecular weight is 285 g/mol. The lowest BCUT2D eigenvalue weighted by Gasteiger charge is -2.09. The molecule has 0 fully saturated rings. The van der Waals surface area contributed by atoms with Gasteiger partial charge < -0.3 is 4.74 Å². The highest BCUT2D eigenvalue weighted by atomic mass is 32.2. The van der Waals surface area contributed by atoms with Crippen molar-refractivity contribution in [2.24, 2.45) is 0 Å². The Morgan fingerprint density at radius 2 is 1.89 bits per heavy atom. The molecule has 0 unspecified atom stereocenters. The summed E-state index contributed by atoms with van der Waals surface area (Å²) in [6.45, 7) is 1.76. The zero-order valence-corrected chi connectivity index (χ0v) is 11.5. The van der Waals surface area contributed by atoms with E-state index in [1.54, 1.807) is 6.92 Å². The molecule has 7 heteroatoms. The summed E-state index contributed by atoms with van der Waals surface area (Å²) in [4.78, 5) is 22.6. The van der Waals surface area contributed by atoms with Gasteiger partial charge in [0, 0.05) is 6.42 Å². The Kier molecular flexibility index (Phi) is 5.05. The van der Waals surface area contributed by atoms with Gasteiger partial charge in [0.05, 0.1) is 12.7 Å². The smallest absolute Gasteiger partial charge is 0.339 e. The third-order valence-electron chi connectivity index (χ3n) is 2.31. The number of methoxy groups -OCH3 is 1. The molecule has 0 radical (unpaired) electrons. The molecule has 0 spiro atoms. The summed E-state index contributed by atoms with van der Waals surface area (Å²) in [6, 6.07) is 5.54. The molecule has 104 valence electrons. The van der Waals surface area contributed by atoms with Gasteiger partial charge in [-0.2, -0.15) is 0 Å². The first-order chi connectivity index (χ1) is 8.92. The maximum Gasteiger partial charge on any atom is 0.339 e. The van der Waals surface area contributed by atoms with Gasteiger partial charge in [0.2, 0.25) is 5.91 Å². The van der Waals surface area contributed by atoms with E-state index in [1.165, 1.54) is 24.3 Å². The zero-order chi connectivity index (χ0) is 14.5. The number of carbonyl (C=O) groups is 2. The fraction of sp³-hybridized carbons (Fsp3) is 0.333. The van der Waals surface area contributed by atoms with Crippen molar-refractivity contribution < 1.29 is 22.7 Å². The van der Waals surface area contributed by atoms with Crippen LogP contribution in [0.1, 0.15) is 30.1 Å². The Balaban J connectivity index is 3.15. The normalized spacial score (nSPS) is 10.8. The van der Waals surface area contributed by atoms with Gasteiger partial charge in [-0.05, 0) is 18.6 Å². The molecule has 1 aromatic carbocycles. The number of nitrogens with one attached hydrogen (secondary N) is 1. The van der Waals surface area contributed by atoms with Crippen LogP contribution in [0, 0.1) is 0 Å². The third-order valence-corrected chi connectivity index (χ3v) is 3.74. The first kappa shape index (κ1) is 15.2. The van der Waals surface area contributed by atoms with E-state index in [9.17, 15) is 18.0 Å². The van der Waals surface area contributed by atoms with Crippen molar-refractivity contribution in [3.63, 3.8) is 0 Å². The summed E-state index contributed by atoms with van der Waals surface area (Å²) < 4.78 is 30.5. The van der Waals surface area contributed by atoms with Gasteiger partial charge in [0.25, 0.3) is 10.0 Å². The van der Waals surface area contributed by atoms with Crippen molar-refractivity contribution in [1.82, 2.24) is 4.72 Å². The molecule has 1 N–H and O–H groups in total. The molecule has 0 heterocycles. The van der Waals surface area contributed by atoms with E-state index in [0.717, 1.165) is 7.11 Å². The maximum atomic E-state index is 12.0. The van der Waals surface area contributed by atoms with Gasteiger partial charge in [-0.1, -0.05) is 19.1 Å². The van der Waals surface area contributed by atoms with Gasteiger partial charge in [-0.15, -0.1) is 0 Å². The van der Waals surface area contributed by atoms with E-state index in [2.05, 4.69) is 4.74 Å². The minimum atomic E-state index is -4.07. The highest BCUT2D eigenvalue weighted by Gasteiger charge is 2.24. The molecule has 19 heavy (non-hydrogen) atoms. The predicted octanol–water partition coefficient (Wildman–Crippen LogP) is 1.08. The van der Waals surface area contributed by atoms with Crippen LogP contribution in [0.2, 0.25) is 0 Å². The average Bonchev–Trinajstić information content (AvgIpc) is 2.37.